The summed E-state index contributed by atoms with van der Waals surface area (Å²) in [5, 5.41) is 0. The Bertz CT molecular complexity index is 274. The molecule has 0 aliphatic heterocycles. The summed E-state index contributed by atoms with van der Waals surface area (Å²) >= 11 is 0.181. The molecule has 0 unspecified atom stereocenters. The Balaban J connectivity index is 2.82. The molecule has 0 aromatic heterocycles. The maximum atomic E-state index is 12.4. The highest BCUT2D eigenvalue weighted by atomic mass is 32.2. The Morgan fingerprint density at radius 1 is 1.08 bits per heavy atom. The minimum atomic E-state index is -2.62. The first-order valence-electron chi connectivity index (χ1n) is 2.99. The van der Waals surface area contributed by atoms with Crippen LogP contribution >= 0.6 is 11.8 Å². The largest absolute Gasteiger partial charge is 0.288 e. The van der Waals surface area contributed by atoms with Crippen LogP contribution in [0.1, 0.15) is 0 Å². The van der Waals surface area contributed by atoms with Crippen LogP contribution in [0.15, 0.2) is 23.1 Å². The second-order valence-electron chi connectivity index (χ2n) is 1.95. The van der Waals surface area contributed by atoms with Crippen LogP contribution in [0.4, 0.5) is 17.6 Å². The zero-order chi connectivity index (χ0) is 9.14. The standard InChI is InChI=1S/C7H4F4S/c8-5-2-1-4(3-6(5)9)12-7(10)11/h1-3,7H. The van der Waals surface area contributed by atoms with Gasteiger partial charge in [-0.1, -0.05) is 11.8 Å². The molecular formula is C7H4F4S. The van der Waals surface area contributed by atoms with Crippen molar-refractivity contribution >= 4 is 11.8 Å². The van der Waals surface area contributed by atoms with Gasteiger partial charge in [0.2, 0.25) is 0 Å². The summed E-state index contributed by atoms with van der Waals surface area (Å²) in [6.07, 6.45) is 0. The van der Waals surface area contributed by atoms with E-state index in [1.165, 1.54) is 0 Å². The van der Waals surface area contributed by atoms with Crippen LogP contribution in [-0.2, 0) is 0 Å². The van der Waals surface area contributed by atoms with Gasteiger partial charge in [-0.2, -0.15) is 8.78 Å². The molecule has 0 heterocycles. The van der Waals surface area contributed by atoms with Crippen LogP contribution < -0.4 is 0 Å². The fourth-order valence-corrected chi connectivity index (χ4v) is 1.18. The number of rotatable bonds is 2. The molecule has 0 aliphatic carbocycles. The van der Waals surface area contributed by atoms with E-state index in [2.05, 4.69) is 0 Å². The number of thioether (sulfide) groups is 1. The van der Waals surface area contributed by atoms with E-state index in [-0.39, 0.29) is 16.7 Å². The summed E-state index contributed by atoms with van der Waals surface area (Å²) in [6, 6.07) is 2.67. The van der Waals surface area contributed by atoms with E-state index in [9.17, 15) is 17.6 Å². The molecule has 0 N–H and O–H groups in total. The van der Waals surface area contributed by atoms with Gasteiger partial charge in [-0.3, -0.25) is 0 Å². The monoisotopic (exact) mass is 196 g/mol. The normalized spacial score (nSPS) is 10.8. The number of alkyl halides is 2. The molecule has 0 nitrogen and oxygen atoms in total. The second-order valence-corrected chi connectivity index (χ2v) is 3.02. The summed E-state index contributed by atoms with van der Waals surface area (Å²) < 4.78 is 48.1. The molecule has 0 radical (unpaired) electrons. The minimum absolute atomic E-state index is 0.0175. The van der Waals surface area contributed by atoms with E-state index in [0.717, 1.165) is 18.2 Å². The number of hydrogen-bond donors (Lipinski definition) is 0. The van der Waals surface area contributed by atoms with E-state index in [1.807, 2.05) is 0 Å². The molecule has 0 aliphatic rings. The third-order valence-corrected chi connectivity index (χ3v) is 1.82. The van der Waals surface area contributed by atoms with Gasteiger partial charge in [0.15, 0.2) is 11.6 Å². The summed E-state index contributed by atoms with van der Waals surface area (Å²) in [4.78, 5) is 0.0175. The van der Waals surface area contributed by atoms with Gasteiger partial charge in [-0.15, -0.1) is 0 Å². The molecule has 0 saturated heterocycles. The Labute approximate surface area is 70.6 Å². The Hall–Kier alpha value is -0.710. The van der Waals surface area contributed by atoms with Crippen molar-refractivity contribution in [3.05, 3.63) is 29.8 Å². The molecule has 1 aromatic carbocycles. The summed E-state index contributed by atoms with van der Waals surface area (Å²) in [6.45, 7) is 0. The van der Waals surface area contributed by atoms with Crippen molar-refractivity contribution in [2.75, 3.05) is 0 Å². The van der Waals surface area contributed by atoms with Gasteiger partial charge in [-0.25, -0.2) is 8.78 Å². The third-order valence-electron chi connectivity index (χ3n) is 1.12. The van der Waals surface area contributed by atoms with Gasteiger partial charge in [0.1, 0.15) is 0 Å². The smallest absolute Gasteiger partial charge is 0.204 e. The van der Waals surface area contributed by atoms with Crippen molar-refractivity contribution in [2.45, 2.75) is 10.7 Å². The maximum absolute atomic E-state index is 12.4. The van der Waals surface area contributed by atoms with Gasteiger partial charge in [0.05, 0.1) is 0 Å². The molecule has 0 bridgehead atoms. The van der Waals surface area contributed by atoms with Crippen molar-refractivity contribution in [1.82, 2.24) is 0 Å². The van der Waals surface area contributed by atoms with Crippen molar-refractivity contribution < 1.29 is 17.6 Å². The number of halogens is 4. The lowest BCUT2D eigenvalue weighted by Crippen LogP contribution is -1.86. The van der Waals surface area contributed by atoms with E-state index in [0.29, 0.717) is 0 Å². The zero-order valence-corrected chi connectivity index (χ0v) is 6.55. The second kappa shape index (κ2) is 3.80. The van der Waals surface area contributed by atoms with E-state index in [1.54, 1.807) is 0 Å². The lowest BCUT2D eigenvalue weighted by Gasteiger charge is -1.99. The van der Waals surface area contributed by atoms with Crippen molar-refractivity contribution in [1.29, 1.82) is 0 Å². The predicted octanol–water partition coefficient (Wildman–Crippen LogP) is 3.28. The van der Waals surface area contributed by atoms with Gasteiger partial charge >= 0.3 is 0 Å². The topological polar surface area (TPSA) is 0 Å². The van der Waals surface area contributed by atoms with E-state index >= 15 is 0 Å². The minimum Gasteiger partial charge on any atom is -0.204 e. The van der Waals surface area contributed by atoms with Crippen molar-refractivity contribution in [3.63, 3.8) is 0 Å². The summed E-state index contributed by atoms with van der Waals surface area (Å²) in [5.74, 6) is -4.76. The van der Waals surface area contributed by atoms with Crippen LogP contribution in [0.25, 0.3) is 0 Å². The van der Waals surface area contributed by atoms with Gasteiger partial charge in [-0.05, 0) is 18.2 Å². The first-order chi connectivity index (χ1) is 5.59. The average Bonchev–Trinajstić information content (AvgIpc) is 1.96. The van der Waals surface area contributed by atoms with Crippen molar-refractivity contribution in [3.8, 4) is 0 Å². The van der Waals surface area contributed by atoms with Crippen LogP contribution in [0.3, 0.4) is 0 Å². The van der Waals surface area contributed by atoms with Crippen LogP contribution in [0, 0.1) is 11.6 Å². The first-order valence-corrected chi connectivity index (χ1v) is 3.87. The molecule has 0 spiro atoms. The SMILES string of the molecule is Fc1ccc(SC(F)F)cc1F. The quantitative estimate of drug-likeness (QED) is 0.516. The maximum Gasteiger partial charge on any atom is 0.288 e. The average molecular weight is 196 g/mol. The fourth-order valence-electron chi connectivity index (χ4n) is 0.653. The zero-order valence-electron chi connectivity index (χ0n) is 5.73. The lowest BCUT2D eigenvalue weighted by atomic mass is 10.3. The van der Waals surface area contributed by atoms with Gasteiger partial charge < -0.3 is 0 Å². The fraction of sp³-hybridized carbons (Fsp3) is 0.143. The highest BCUT2D eigenvalue weighted by molar-refractivity contribution is 7.99. The van der Waals surface area contributed by atoms with E-state index in [4.69, 9.17) is 0 Å². The molecular weight excluding hydrogens is 192 g/mol. The van der Waals surface area contributed by atoms with Gasteiger partial charge in [0.25, 0.3) is 5.76 Å². The Morgan fingerprint density at radius 2 is 1.75 bits per heavy atom. The molecule has 0 fully saturated rings. The molecule has 0 saturated carbocycles. The van der Waals surface area contributed by atoms with Crippen LogP contribution in [-0.4, -0.2) is 5.76 Å². The highest BCUT2D eigenvalue weighted by Gasteiger charge is 2.07. The molecule has 5 heteroatoms. The lowest BCUT2D eigenvalue weighted by molar-refractivity contribution is 0.252. The molecule has 12 heavy (non-hydrogen) atoms. The van der Waals surface area contributed by atoms with Gasteiger partial charge in [0, 0.05) is 4.90 Å². The van der Waals surface area contributed by atoms with E-state index < -0.39 is 17.4 Å². The first kappa shape index (κ1) is 9.38. The van der Waals surface area contributed by atoms with Crippen LogP contribution in [0.2, 0.25) is 0 Å². The third kappa shape index (κ3) is 2.41. The number of hydrogen-bond acceptors (Lipinski definition) is 1. The Kier molecular flexibility index (Phi) is 2.97. The summed E-state index contributed by atoms with van der Waals surface area (Å²) in [5.41, 5.74) is 0. The highest BCUT2D eigenvalue weighted by Crippen LogP contribution is 2.25. The predicted molar refractivity (Wildman–Crippen MR) is 38.2 cm³/mol. The molecule has 1 rings (SSSR count). The molecule has 0 amide bonds. The van der Waals surface area contributed by atoms with Crippen LogP contribution in [0.5, 0.6) is 0 Å². The Morgan fingerprint density at radius 3 is 2.25 bits per heavy atom. The molecule has 0 atom stereocenters. The van der Waals surface area contributed by atoms with Crippen molar-refractivity contribution in [2.24, 2.45) is 0 Å². The molecule has 66 valence electrons. The summed E-state index contributed by atoms with van der Waals surface area (Å²) in [7, 11) is 0. The number of benzene rings is 1. The molecule has 1 aromatic rings.